The molecule has 0 aromatic carbocycles. The maximum absolute atomic E-state index is 12.6. The Bertz CT molecular complexity index is 428. The molecule has 21 heavy (non-hydrogen) atoms. The van der Waals surface area contributed by atoms with Crippen LogP contribution < -0.4 is 4.72 Å². The van der Waals surface area contributed by atoms with E-state index in [0.29, 0.717) is 12.5 Å². The molecule has 1 saturated carbocycles. The van der Waals surface area contributed by atoms with Crippen molar-refractivity contribution in [3.8, 4) is 0 Å². The second-order valence-electron chi connectivity index (χ2n) is 6.90. The Morgan fingerprint density at radius 3 is 2.62 bits per heavy atom. The van der Waals surface area contributed by atoms with Crippen molar-refractivity contribution in [2.75, 3.05) is 32.8 Å². The third-order valence-electron chi connectivity index (χ3n) is 5.13. The van der Waals surface area contributed by atoms with Crippen molar-refractivity contribution in [2.24, 2.45) is 5.92 Å². The van der Waals surface area contributed by atoms with Crippen molar-refractivity contribution in [3.05, 3.63) is 0 Å². The number of hydrogen-bond acceptors (Lipinski definition) is 4. The summed E-state index contributed by atoms with van der Waals surface area (Å²) in [5.74, 6) is 0.592. The lowest BCUT2D eigenvalue weighted by Crippen LogP contribution is -2.49. The molecule has 0 radical (unpaired) electrons. The van der Waals surface area contributed by atoms with Crippen molar-refractivity contribution in [3.63, 3.8) is 0 Å². The summed E-state index contributed by atoms with van der Waals surface area (Å²) in [6.45, 7) is 4.43. The van der Waals surface area contributed by atoms with Gasteiger partial charge in [-0.15, -0.1) is 0 Å². The third-order valence-corrected chi connectivity index (χ3v) is 7.05. The molecule has 0 spiro atoms. The Kier molecular flexibility index (Phi) is 5.19. The van der Waals surface area contributed by atoms with Gasteiger partial charge in [0.2, 0.25) is 10.0 Å². The molecule has 3 aliphatic rings. The van der Waals surface area contributed by atoms with E-state index < -0.39 is 10.0 Å². The first kappa shape index (κ1) is 15.7. The van der Waals surface area contributed by atoms with Gasteiger partial charge in [-0.2, -0.15) is 0 Å². The highest BCUT2D eigenvalue weighted by atomic mass is 32.2. The lowest BCUT2D eigenvalue weighted by molar-refractivity contribution is 0.157. The van der Waals surface area contributed by atoms with Crippen LogP contribution in [0.1, 0.15) is 44.9 Å². The highest BCUT2D eigenvalue weighted by Crippen LogP contribution is 2.23. The molecule has 0 amide bonds. The molecule has 122 valence electrons. The fourth-order valence-electron chi connectivity index (χ4n) is 3.90. The number of sulfonamides is 1. The van der Waals surface area contributed by atoms with Gasteiger partial charge in [0.25, 0.3) is 0 Å². The van der Waals surface area contributed by atoms with Crippen LogP contribution in [0.15, 0.2) is 0 Å². The van der Waals surface area contributed by atoms with E-state index in [0.717, 1.165) is 71.2 Å². The highest BCUT2D eigenvalue weighted by molar-refractivity contribution is 7.90. The molecule has 2 atom stereocenters. The molecule has 3 fully saturated rings. The number of rotatable bonds is 5. The minimum absolute atomic E-state index is 0.189. The van der Waals surface area contributed by atoms with E-state index >= 15 is 0 Å². The summed E-state index contributed by atoms with van der Waals surface area (Å²) in [6, 6.07) is 0.189. The zero-order chi connectivity index (χ0) is 14.7. The lowest BCUT2D eigenvalue weighted by atomic mass is 10.1. The average Bonchev–Trinajstić information content (AvgIpc) is 3.12. The standard InChI is InChI=1S/C15H28N2O3S/c18-21(19,16-14-4-1-2-5-14)15-6-3-8-17(11-15)10-13-7-9-20-12-13/h13-16H,1-12H2. The third kappa shape index (κ3) is 4.18. The van der Waals surface area contributed by atoms with Gasteiger partial charge in [0.1, 0.15) is 0 Å². The van der Waals surface area contributed by atoms with Crippen LogP contribution in [0.4, 0.5) is 0 Å². The van der Waals surface area contributed by atoms with E-state index in [-0.39, 0.29) is 11.3 Å². The second kappa shape index (κ2) is 6.94. The van der Waals surface area contributed by atoms with Gasteiger partial charge in [0, 0.05) is 25.7 Å². The number of nitrogens with zero attached hydrogens (tertiary/aromatic N) is 1. The summed E-state index contributed by atoms with van der Waals surface area (Å²) in [6.07, 6.45) is 7.25. The summed E-state index contributed by atoms with van der Waals surface area (Å²) in [5, 5.41) is -0.228. The van der Waals surface area contributed by atoms with E-state index in [1.165, 1.54) is 0 Å². The van der Waals surface area contributed by atoms with Gasteiger partial charge >= 0.3 is 0 Å². The summed E-state index contributed by atoms with van der Waals surface area (Å²) in [4.78, 5) is 2.33. The van der Waals surface area contributed by atoms with Crippen LogP contribution in [0.3, 0.4) is 0 Å². The van der Waals surface area contributed by atoms with Gasteiger partial charge in [-0.25, -0.2) is 13.1 Å². The molecule has 0 aromatic heterocycles. The normalized spacial score (nSPS) is 32.8. The molecular weight excluding hydrogens is 288 g/mol. The van der Waals surface area contributed by atoms with Gasteiger partial charge in [-0.05, 0) is 44.6 Å². The van der Waals surface area contributed by atoms with Crippen LogP contribution in [0.25, 0.3) is 0 Å². The first-order valence-corrected chi connectivity index (χ1v) is 9.99. The van der Waals surface area contributed by atoms with Crippen LogP contribution in [0.5, 0.6) is 0 Å². The fourth-order valence-corrected chi connectivity index (χ4v) is 5.67. The Hall–Kier alpha value is -0.170. The summed E-state index contributed by atoms with van der Waals surface area (Å²) in [5.41, 5.74) is 0. The molecule has 6 heteroatoms. The van der Waals surface area contributed by atoms with Crippen molar-refractivity contribution >= 4 is 10.0 Å². The van der Waals surface area contributed by atoms with Crippen LogP contribution in [0, 0.1) is 5.92 Å². The number of ether oxygens (including phenoxy) is 1. The lowest BCUT2D eigenvalue weighted by Gasteiger charge is -2.34. The van der Waals surface area contributed by atoms with Gasteiger partial charge in [-0.1, -0.05) is 12.8 Å². The maximum Gasteiger partial charge on any atom is 0.215 e. The van der Waals surface area contributed by atoms with Crippen LogP contribution in [-0.2, 0) is 14.8 Å². The number of likely N-dealkylation sites (tertiary alicyclic amines) is 1. The van der Waals surface area contributed by atoms with E-state index in [1.54, 1.807) is 0 Å². The molecule has 0 bridgehead atoms. The Labute approximate surface area is 128 Å². The van der Waals surface area contributed by atoms with E-state index in [1.807, 2.05) is 0 Å². The number of hydrogen-bond donors (Lipinski definition) is 1. The molecular formula is C15H28N2O3S. The SMILES string of the molecule is O=S(=O)(NC1CCCC1)C1CCCN(CC2CCOC2)C1. The van der Waals surface area contributed by atoms with Crippen molar-refractivity contribution in [1.82, 2.24) is 9.62 Å². The van der Waals surface area contributed by atoms with Gasteiger partial charge in [0.15, 0.2) is 0 Å². The first-order chi connectivity index (χ1) is 10.1. The molecule has 2 heterocycles. The molecule has 2 unspecified atom stereocenters. The minimum Gasteiger partial charge on any atom is -0.381 e. The van der Waals surface area contributed by atoms with Crippen LogP contribution in [-0.4, -0.2) is 57.5 Å². The Morgan fingerprint density at radius 2 is 1.90 bits per heavy atom. The summed E-state index contributed by atoms with van der Waals surface area (Å²) in [7, 11) is -3.16. The Balaban J connectivity index is 1.53. The molecule has 2 aliphatic heterocycles. The molecule has 1 aliphatic carbocycles. The van der Waals surface area contributed by atoms with Gasteiger partial charge in [0.05, 0.1) is 11.9 Å². The smallest absolute Gasteiger partial charge is 0.215 e. The van der Waals surface area contributed by atoms with Crippen molar-refractivity contribution in [1.29, 1.82) is 0 Å². The monoisotopic (exact) mass is 316 g/mol. The summed E-state index contributed by atoms with van der Waals surface area (Å²) >= 11 is 0. The second-order valence-corrected chi connectivity index (χ2v) is 8.89. The predicted octanol–water partition coefficient (Wildman–Crippen LogP) is 1.35. The molecule has 0 aromatic rings. The van der Waals surface area contributed by atoms with Crippen molar-refractivity contribution < 1.29 is 13.2 Å². The topological polar surface area (TPSA) is 58.6 Å². The Morgan fingerprint density at radius 1 is 1.10 bits per heavy atom. The van der Waals surface area contributed by atoms with E-state index in [9.17, 15) is 8.42 Å². The minimum atomic E-state index is -3.16. The predicted molar refractivity (Wildman–Crippen MR) is 82.7 cm³/mol. The number of piperidine rings is 1. The fraction of sp³-hybridized carbons (Fsp3) is 1.00. The van der Waals surface area contributed by atoms with Crippen LogP contribution in [0.2, 0.25) is 0 Å². The van der Waals surface area contributed by atoms with Gasteiger partial charge in [-0.3, -0.25) is 0 Å². The van der Waals surface area contributed by atoms with Gasteiger partial charge < -0.3 is 9.64 Å². The zero-order valence-corrected chi connectivity index (χ0v) is 13.6. The molecule has 3 rings (SSSR count). The van der Waals surface area contributed by atoms with Crippen LogP contribution >= 0.6 is 0 Å². The summed E-state index contributed by atoms with van der Waals surface area (Å²) < 4.78 is 33.5. The zero-order valence-electron chi connectivity index (χ0n) is 12.8. The molecule has 1 N–H and O–H groups in total. The maximum atomic E-state index is 12.6. The molecule has 5 nitrogen and oxygen atoms in total. The van der Waals surface area contributed by atoms with E-state index in [4.69, 9.17) is 4.74 Å². The largest absolute Gasteiger partial charge is 0.381 e. The quantitative estimate of drug-likeness (QED) is 0.832. The first-order valence-electron chi connectivity index (χ1n) is 8.45. The molecule has 2 saturated heterocycles. The number of nitrogens with one attached hydrogen (secondary N) is 1. The van der Waals surface area contributed by atoms with E-state index in [2.05, 4.69) is 9.62 Å². The average molecular weight is 316 g/mol. The van der Waals surface area contributed by atoms with Crippen molar-refractivity contribution in [2.45, 2.75) is 56.2 Å². The highest BCUT2D eigenvalue weighted by Gasteiger charge is 2.33.